The zero-order chi connectivity index (χ0) is 19.9. The summed E-state index contributed by atoms with van der Waals surface area (Å²) in [4.78, 5) is 15.2. The molecule has 0 saturated carbocycles. The molecule has 0 bridgehead atoms. The van der Waals surface area contributed by atoms with Gasteiger partial charge in [-0.15, -0.1) is 18.3 Å². The van der Waals surface area contributed by atoms with E-state index in [1.54, 1.807) is 10.9 Å². The molecule has 1 aromatic heterocycles. The first-order valence-corrected chi connectivity index (χ1v) is 9.78. The monoisotopic (exact) mass is 376 g/mol. The molecule has 1 amide bonds. The molecule has 1 aliphatic rings. The van der Waals surface area contributed by atoms with E-state index in [1.165, 1.54) is 11.1 Å². The van der Waals surface area contributed by atoms with Crippen LogP contribution in [0.1, 0.15) is 42.2 Å². The second kappa shape index (κ2) is 9.31. The van der Waals surface area contributed by atoms with Crippen molar-refractivity contribution in [1.82, 2.24) is 19.9 Å². The van der Waals surface area contributed by atoms with Crippen LogP contribution < -0.4 is 0 Å². The highest BCUT2D eigenvalue weighted by Gasteiger charge is 2.33. The molecule has 28 heavy (non-hydrogen) atoms. The van der Waals surface area contributed by atoms with E-state index >= 15 is 0 Å². The van der Waals surface area contributed by atoms with Gasteiger partial charge in [-0.25, -0.2) is 0 Å². The predicted octanol–water partition coefficient (Wildman–Crippen LogP) is 4.20. The Kier molecular flexibility index (Phi) is 6.58. The maximum atomic E-state index is 13.3. The van der Waals surface area contributed by atoms with Gasteiger partial charge in [0.25, 0.3) is 5.91 Å². The Balaban J connectivity index is 1.76. The lowest BCUT2D eigenvalue weighted by atomic mass is 9.92. The van der Waals surface area contributed by atoms with Crippen molar-refractivity contribution < 1.29 is 4.79 Å². The fourth-order valence-corrected chi connectivity index (χ4v) is 3.80. The molecule has 3 rings (SSSR count). The molecule has 2 atom stereocenters. The lowest BCUT2D eigenvalue weighted by molar-refractivity contribution is 0.0595. The van der Waals surface area contributed by atoms with E-state index < -0.39 is 0 Å². The summed E-state index contributed by atoms with van der Waals surface area (Å²) < 4.78 is 1.75. The maximum absolute atomic E-state index is 13.3. The minimum absolute atomic E-state index is 0.00170. The Hall–Kier alpha value is -2.95. The zero-order valence-electron chi connectivity index (χ0n) is 16.5. The van der Waals surface area contributed by atoms with Crippen molar-refractivity contribution in [2.45, 2.75) is 51.2 Å². The number of nitrogens with zero attached hydrogens (tertiary/aromatic N) is 4. The van der Waals surface area contributed by atoms with Gasteiger partial charge in [-0.3, -0.25) is 9.48 Å². The molecular weight excluding hydrogens is 348 g/mol. The van der Waals surface area contributed by atoms with Crippen LogP contribution in [0.5, 0.6) is 0 Å². The fraction of sp³-hybridized carbons (Fsp3) is 0.348. The molecule has 146 valence electrons. The van der Waals surface area contributed by atoms with Gasteiger partial charge >= 0.3 is 0 Å². The van der Waals surface area contributed by atoms with E-state index in [0.717, 1.165) is 25.7 Å². The van der Waals surface area contributed by atoms with Crippen molar-refractivity contribution >= 4 is 5.91 Å². The van der Waals surface area contributed by atoms with Gasteiger partial charge in [0, 0.05) is 12.6 Å². The van der Waals surface area contributed by atoms with Gasteiger partial charge < -0.3 is 4.90 Å². The highest BCUT2D eigenvalue weighted by Crippen LogP contribution is 2.28. The lowest BCUT2D eigenvalue weighted by Gasteiger charge is -2.40. The van der Waals surface area contributed by atoms with Crippen LogP contribution in [0.4, 0.5) is 0 Å². The molecule has 5 heteroatoms. The Bertz CT molecular complexity index is 852. The number of carbonyl (C=O) groups excluding carboxylic acids is 1. The number of hydrogen-bond donors (Lipinski definition) is 0. The third-order valence-corrected chi connectivity index (χ3v) is 5.10. The minimum Gasteiger partial charge on any atom is -0.327 e. The summed E-state index contributed by atoms with van der Waals surface area (Å²) in [7, 11) is 0. The third-order valence-electron chi connectivity index (χ3n) is 5.10. The van der Waals surface area contributed by atoms with Crippen LogP contribution in [0.2, 0.25) is 0 Å². The molecule has 2 aromatic rings. The Morgan fingerprint density at radius 1 is 1.21 bits per heavy atom. The van der Waals surface area contributed by atoms with E-state index in [1.807, 2.05) is 35.3 Å². The highest BCUT2D eigenvalue weighted by atomic mass is 16.2. The number of rotatable bonds is 8. The van der Waals surface area contributed by atoms with Crippen molar-refractivity contribution in [2.75, 3.05) is 0 Å². The summed E-state index contributed by atoms with van der Waals surface area (Å²) in [5, 5.41) is 8.33. The molecule has 0 unspecified atom stereocenters. The average molecular weight is 377 g/mol. The van der Waals surface area contributed by atoms with Crippen LogP contribution in [0.3, 0.4) is 0 Å². The number of hydrogen-bond acceptors (Lipinski definition) is 3. The van der Waals surface area contributed by atoms with Crippen LogP contribution in [-0.2, 0) is 13.0 Å². The van der Waals surface area contributed by atoms with Crippen molar-refractivity contribution in [3.05, 3.63) is 84.7 Å². The molecule has 0 N–H and O–H groups in total. The van der Waals surface area contributed by atoms with Gasteiger partial charge in [-0.05, 0) is 38.2 Å². The lowest BCUT2D eigenvalue weighted by Crippen LogP contribution is -2.48. The second-order valence-electron chi connectivity index (χ2n) is 7.30. The standard InChI is InChI=1S/C23H28N4O/c1-4-9-20-15-18(3)16-21(10-5-2)27(20)23(28)22-17-26(25-24-22)14-13-19-11-7-6-8-12-19/h4-8,11-12,15,17,20-21H,1-2,9-10,13-14,16H2,3H3/t20-,21-/m1/s1. The van der Waals surface area contributed by atoms with Crippen LogP contribution >= 0.6 is 0 Å². The molecule has 0 saturated heterocycles. The highest BCUT2D eigenvalue weighted by molar-refractivity contribution is 5.92. The van der Waals surface area contributed by atoms with E-state index in [9.17, 15) is 4.79 Å². The minimum atomic E-state index is -0.0755. The number of aromatic nitrogens is 3. The van der Waals surface area contributed by atoms with Gasteiger partial charge in [0.15, 0.2) is 5.69 Å². The Morgan fingerprint density at radius 2 is 1.96 bits per heavy atom. The van der Waals surface area contributed by atoms with E-state index in [4.69, 9.17) is 0 Å². The smallest absolute Gasteiger partial charge is 0.276 e. The molecule has 0 spiro atoms. The van der Waals surface area contributed by atoms with Crippen LogP contribution in [0, 0.1) is 0 Å². The Morgan fingerprint density at radius 3 is 2.68 bits per heavy atom. The quantitative estimate of drug-likeness (QED) is 0.649. The second-order valence-corrected chi connectivity index (χ2v) is 7.30. The van der Waals surface area contributed by atoms with Crippen LogP contribution in [0.25, 0.3) is 0 Å². The van der Waals surface area contributed by atoms with Gasteiger partial charge in [-0.2, -0.15) is 0 Å². The van der Waals surface area contributed by atoms with Crippen molar-refractivity contribution in [3.8, 4) is 0 Å². The van der Waals surface area contributed by atoms with Crippen LogP contribution in [-0.4, -0.2) is 37.9 Å². The van der Waals surface area contributed by atoms with E-state index in [-0.39, 0.29) is 18.0 Å². The molecule has 0 aliphatic carbocycles. The fourth-order valence-electron chi connectivity index (χ4n) is 3.80. The summed E-state index contributed by atoms with van der Waals surface area (Å²) in [6.07, 6.45) is 10.8. The number of amides is 1. The molecular formula is C23H28N4O. The van der Waals surface area contributed by atoms with Gasteiger partial charge in [0.05, 0.1) is 12.2 Å². The summed E-state index contributed by atoms with van der Waals surface area (Å²) in [5.41, 5.74) is 2.93. The molecule has 0 fully saturated rings. The summed E-state index contributed by atoms with van der Waals surface area (Å²) in [6.45, 7) is 10.5. The summed E-state index contributed by atoms with van der Waals surface area (Å²) in [6, 6.07) is 10.3. The maximum Gasteiger partial charge on any atom is 0.276 e. The van der Waals surface area contributed by atoms with Crippen LogP contribution in [0.15, 0.2) is 73.5 Å². The molecule has 5 nitrogen and oxygen atoms in total. The van der Waals surface area contributed by atoms with Gasteiger partial charge in [0.2, 0.25) is 0 Å². The largest absolute Gasteiger partial charge is 0.327 e. The van der Waals surface area contributed by atoms with Crippen molar-refractivity contribution in [1.29, 1.82) is 0 Å². The molecule has 2 heterocycles. The topological polar surface area (TPSA) is 51.0 Å². The third kappa shape index (κ3) is 4.66. The molecule has 1 aromatic carbocycles. The normalized spacial score (nSPS) is 19.2. The van der Waals surface area contributed by atoms with Gasteiger partial charge in [0.1, 0.15) is 0 Å². The summed E-state index contributed by atoms with van der Waals surface area (Å²) >= 11 is 0. The first kappa shape index (κ1) is 19.8. The first-order chi connectivity index (χ1) is 13.6. The SMILES string of the molecule is C=CC[C@@H]1CC(C)=C[C@@H](CC=C)N1C(=O)c1cn(CCc2ccccc2)nn1. The zero-order valence-corrected chi connectivity index (χ0v) is 16.5. The molecule has 1 aliphatic heterocycles. The number of aryl methyl sites for hydroxylation is 2. The summed E-state index contributed by atoms with van der Waals surface area (Å²) in [5.74, 6) is -0.0755. The van der Waals surface area contributed by atoms with Crippen molar-refractivity contribution in [3.63, 3.8) is 0 Å². The average Bonchev–Trinajstić information content (AvgIpc) is 3.16. The molecule has 0 radical (unpaired) electrons. The van der Waals surface area contributed by atoms with Crippen molar-refractivity contribution in [2.24, 2.45) is 0 Å². The Labute approximate surface area is 167 Å². The van der Waals surface area contributed by atoms with E-state index in [0.29, 0.717) is 12.2 Å². The predicted molar refractivity (Wildman–Crippen MR) is 112 cm³/mol. The first-order valence-electron chi connectivity index (χ1n) is 9.78. The number of carbonyl (C=O) groups is 1. The van der Waals surface area contributed by atoms with Gasteiger partial charge in [-0.1, -0.05) is 59.3 Å². The number of benzene rings is 1. The van der Waals surface area contributed by atoms with E-state index in [2.05, 4.69) is 48.6 Å².